The largest absolute Gasteiger partial charge is 0.350 e. The minimum atomic E-state index is -0.149. The van der Waals surface area contributed by atoms with Crippen molar-refractivity contribution in [3.63, 3.8) is 0 Å². The molecule has 7 rings (SSSR count). The summed E-state index contributed by atoms with van der Waals surface area (Å²) in [6.45, 7) is 3.03. The van der Waals surface area contributed by atoms with Crippen LogP contribution >= 0.6 is 11.8 Å². The molecule has 3 aromatic rings. The van der Waals surface area contributed by atoms with Gasteiger partial charge in [0.2, 0.25) is 5.91 Å². The highest BCUT2D eigenvalue weighted by atomic mass is 32.2. The van der Waals surface area contributed by atoms with Crippen LogP contribution in [0.15, 0.2) is 59.6 Å². The molecule has 0 radical (unpaired) electrons. The number of carbonyl (C=O) groups excluding carboxylic acids is 2. The monoisotopic (exact) mass is 487 g/mol. The average molecular weight is 488 g/mol. The Hall–Kier alpha value is -2.73. The quantitative estimate of drug-likeness (QED) is 0.396. The molecule has 4 aliphatic rings. The van der Waals surface area contributed by atoms with Crippen molar-refractivity contribution in [2.45, 2.75) is 62.4 Å². The zero-order valence-corrected chi connectivity index (χ0v) is 21.1. The molecule has 4 bridgehead atoms. The first-order chi connectivity index (χ1) is 17.0. The molecule has 182 valence electrons. The molecular formula is C29H33N3O2S. The number of hydrogen-bond acceptors (Lipinski definition) is 3. The zero-order valence-electron chi connectivity index (χ0n) is 20.3. The molecule has 0 atom stereocenters. The lowest BCUT2D eigenvalue weighted by atomic mass is 9.53. The minimum absolute atomic E-state index is 0.0264. The summed E-state index contributed by atoms with van der Waals surface area (Å²) >= 11 is 1.46. The molecule has 1 aromatic heterocycles. The van der Waals surface area contributed by atoms with Gasteiger partial charge in [-0.2, -0.15) is 0 Å². The number of aryl methyl sites for hydroxylation is 1. The fourth-order valence-corrected chi connectivity index (χ4v) is 8.12. The Kier molecular flexibility index (Phi) is 5.87. The molecule has 5 nitrogen and oxygen atoms in total. The van der Waals surface area contributed by atoms with E-state index in [1.807, 2.05) is 42.5 Å². The second-order valence-electron chi connectivity index (χ2n) is 10.9. The highest BCUT2D eigenvalue weighted by Crippen LogP contribution is 2.55. The fourth-order valence-electron chi connectivity index (χ4n) is 7.27. The summed E-state index contributed by atoms with van der Waals surface area (Å²) in [5.41, 5.74) is 2.56. The number of thioether (sulfide) groups is 1. The highest BCUT2D eigenvalue weighted by Gasteiger charge is 2.51. The van der Waals surface area contributed by atoms with Gasteiger partial charge >= 0.3 is 0 Å². The number of nitrogens with zero attached hydrogens (tertiary/aromatic N) is 1. The number of fused-ring (bicyclic) bond motifs is 1. The van der Waals surface area contributed by atoms with Crippen molar-refractivity contribution >= 4 is 40.2 Å². The van der Waals surface area contributed by atoms with E-state index in [1.54, 1.807) is 0 Å². The van der Waals surface area contributed by atoms with Crippen molar-refractivity contribution in [2.75, 3.05) is 11.1 Å². The van der Waals surface area contributed by atoms with Gasteiger partial charge in [-0.25, -0.2) is 0 Å². The Morgan fingerprint density at radius 1 is 1.00 bits per heavy atom. The Morgan fingerprint density at radius 2 is 1.71 bits per heavy atom. The van der Waals surface area contributed by atoms with Gasteiger partial charge < -0.3 is 15.2 Å². The van der Waals surface area contributed by atoms with E-state index in [9.17, 15) is 9.59 Å². The van der Waals surface area contributed by atoms with E-state index in [1.165, 1.54) is 31.0 Å². The molecule has 2 amide bonds. The first-order valence-electron chi connectivity index (χ1n) is 12.9. The smallest absolute Gasteiger partial charge is 0.256 e. The SMILES string of the molecule is CCn1ccc2cc(NC(=O)c3ccccc3SCC(=O)NC34CC5CC(CC(C5)C3)C4)ccc21. The molecule has 4 aliphatic carbocycles. The van der Waals surface area contributed by atoms with Crippen LogP contribution in [0, 0.1) is 17.8 Å². The van der Waals surface area contributed by atoms with Crippen molar-refractivity contribution < 1.29 is 9.59 Å². The van der Waals surface area contributed by atoms with E-state index in [0.717, 1.165) is 65.0 Å². The van der Waals surface area contributed by atoms with Crippen molar-refractivity contribution in [3.05, 3.63) is 60.3 Å². The molecule has 0 saturated heterocycles. The number of aromatic nitrogens is 1. The van der Waals surface area contributed by atoms with E-state index >= 15 is 0 Å². The summed E-state index contributed by atoms with van der Waals surface area (Å²) in [6, 6.07) is 15.6. The van der Waals surface area contributed by atoms with Crippen molar-refractivity contribution in [1.82, 2.24) is 9.88 Å². The van der Waals surface area contributed by atoms with Gasteiger partial charge in [-0.05, 0) is 99.6 Å². The Bertz CT molecular complexity index is 1240. The molecular weight excluding hydrogens is 454 g/mol. The number of hydrogen-bond donors (Lipinski definition) is 2. The summed E-state index contributed by atoms with van der Waals surface area (Å²) < 4.78 is 2.18. The van der Waals surface area contributed by atoms with E-state index in [-0.39, 0.29) is 17.4 Å². The normalized spacial score (nSPS) is 26.7. The van der Waals surface area contributed by atoms with E-state index < -0.39 is 0 Å². The van der Waals surface area contributed by atoms with E-state index in [0.29, 0.717) is 11.3 Å². The Labute approximate surface area is 211 Å². The third kappa shape index (κ3) is 4.49. The average Bonchev–Trinajstić information content (AvgIpc) is 3.24. The van der Waals surface area contributed by atoms with Crippen molar-refractivity contribution in [3.8, 4) is 0 Å². The summed E-state index contributed by atoms with van der Waals surface area (Å²) in [5.74, 6) is 2.69. The molecule has 4 fully saturated rings. The number of amides is 2. The maximum atomic E-state index is 13.1. The lowest BCUT2D eigenvalue weighted by Crippen LogP contribution is -2.60. The van der Waals surface area contributed by atoms with Gasteiger partial charge in [0, 0.05) is 39.8 Å². The molecule has 2 N–H and O–H groups in total. The standard InChI is InChI=1S/C29H33N3O2S/c1-2-32-10-9-22-14-23(7-8-25(22)32)30-28(34)24-5-3-4-6-26(24)35-18-27(33)31-29-15-19-11-20(16-29)13-21(12-19)17-29/h3-10,14,19-21H,2,11-13,15-18H2,1H3,(H,30,34)(H,31,33). The molecule has 35 heavy (non-hydrogen) atoms. The molecule has 4 saturated carbocycles. The molecule has 0 aliphatic heterocycles. The van der Waals surface area contributed by atoms with Crippen molar-refractivity contribution in [2.24, 2.45) is 17.8 Å². The van der Waals surface area contributed by atoms with Crippen LogP contribution in [0.25, 0.3) is 10.9 Å². The minimum Gasteiger partial charge on any atom is -0.350 e. The van der Waals surface area contributed by atoms with E-state index in [2.05, 4.69) is 34.4 Å². The molecule has 2 aromatic carbocycles. The number of anilines is 1. The Morgan fingerprint density at radius 3 is 2.43 bits per heavy atom. The molecule has 0 unspecified atom stereocenters. The summed E-state index contributed by atoms with van der Waals surface area (Å²) in [6.07, 6.45) is 9.62. The van der Waals surface area contributed by atoms with Gasteiger partial charge in [-0.1, -0.05) is 12.1 Å². The van der Waals surface area contributed by atoms with Crippen LogP contribution in [-0.2, 0) is 11.3 Å². The summed E-state index contributed by atoms with van der Waals surface area (Å²) in [7, 11) is 0. The zero-order chi connectivity index (χ0) is 24.0. The highest BCUT2D eigenvalue weighted by molar-refractivity contribution is 8.00. The van der Waals surface area contributed by atoms with Crippen LogP contribution in [0.1, 0.15) is 55.8 Å². The first kappa shape index (κ1) is 22.7. The summed E-state index contributed by atoms with van der Waals surface area (Å²) in [5, 5.41) is 7.60. The van der Waals surface area contributed by atoms with E-state index in [4.69, 9.17) is 0 Å². The van der Waals surface area contributed by atoms with Gasteiger partial charge in [0.25, 0.3) is 5.91 Å². The topological polar surface area (TPSA) is 63.1 Å². The fraction of sp³-hybridized carbons (Fsp3) is 0.448. The number of rotatable bonds is 7. The number of carbonyl (C=O) groups is 2. The van der Waals surface area contributed by atoms with Crippen molar-refractivity contribution in [1.29, 1.82) is 0 Å². The predicted molar refractivity (Wildman–Crippen MR) is 142 cm³/mol. The van der Waals surface area contributed by atoms with Gasteiger partial charge in [0.05, 0.1) is 11.3 Å². The van der Waals surface area contributed by atoms with Crippen LogP contribution < -0.4 is 10.6 Å². The van der Waals surface area contributed by atoms with Crippen LogP contribution in [0.2, 0.25) is 0 Å². The lowest BCUT2D eigenvalue weighted by molar-refractivity contribution is -0.124. The predicted octanol–water partition coefficient (Wildman–Crippen LogP) is 6.09. The maximum Gasteiger partial charge on any atom is 0.256 e. The van der Waals surface area contributed by atoms with Gasteiger partial charge in [-0.15, -0.1) is 11.8 Å². The Balaban J connectivity index is 1.11. The van der Waals surface area contributed by atoms with Crippen LogP contribution in [0.5, 0.6) is 0 Å². The van der Waals surface area contributed by atoms with Crippen LogP contribution in [-0.4, -0.2) is 27.7 Å². The number of benzene rings is 2. The third-order valence-corrected chi connectivity index (χ3v) is 9.38. The maximum absolute atomic E-state index is 13.1. The summed E-state index contributed by atoms with van der Waals surface area (Å²) in [4.78, 5) is 27.0. The second-order valence-corrected chi connectivity index (χ2v) is 11.9. The van der Waals surface area contributed by atoms with Crippen LogP contribution in [0.3, 0.4) is 0 Å². The molecule has 6 heteroatoms. The number of nitrogens with one attached hydrogen (secondary N) is 2. The first-order valence-corrected chi connectivity index (χ1v) is 13.9. The lowest BCUT2D eigenvalue weighted by Gasteiger charge is -2.56. The van der Waals surface area contributed by atoms with Gasteiger partial charge in [-0.3, -0.25) is 9.59 Å². The third-order valence-electron chi connectivity index (χ3n) is 8.30. The van der Waals surface area contributed by atoms with Crippen LogP contribution in [0.4, 0.5) is 5.69 Å². The second kappa shape index (κ2) is 9.05. The molecule has 0 spiro atoms. The van der Waals surface area contributed by atoms with Gasteiger partial charge in [0.15, 0.2) is 0 Å². The molecule has 1 heterocycles. The van der Waals surface area contributed by atoms with Gasteiger partial charge in [0.1, 0.15) is 0 Å².